The molecule has 0 aliphatic carbocycles. The number of benzene rings is 1. The van der Waals surface area contributed by atoms with Gasteiger partial charge in [-0.3, -0.25) is 4.79 Å². The van der Waals surface area contributed by atoms with Gasteiger partial charge in [-0.1, -0.05) is 0 Å². The monoisotopic (exact) mass is 369 g/mol. The minimum absolute atomic E-state index is 0.169. The lowest BCUT2D eigenvalue weighted by Gasteiger charge is -2.20. The number of fused-ring (bicyclic) bond motifs is 1. The molecule has 21 heavy (non-hydrogen) atoms. The number of carbonyl (C=O) groups is 1. The topological polar surface area (TPSA) is 86.5 Å². The Labute approximate surface area is 133 Å². The third-order valence-corrected chi connectivity index (χ3v) is 4.20. The number of anilines is 2. The van der Waals surface area contributed by atoms with Crippen molar-refractivity contribution in [1.29, 1.82) is 0 Å². The molecule has 2 heterocycles. The zero-order valence-corrected chi connectivity index (χ0v) is 13.3. The molecule has 0 atom stereocenters. The number of hydrogen-bond acceptors (Lipinski definition) is 6. The van der Waals surface area contributed by atoms with Crippen LogP contribution in [0.2, 0.25) is 0 Å². The van der Waals surface area contributed by atoms with Crippen LogP contribution >= 0.6 is 27.3 Å². The van der Waals surface area contributed by atoms with Gasteiger partial charge in [-0.15, -0.1) is 11.3 Å². The van der Waals surface area contributed by atoms with Gasteiger partial charge in [0.1, 0.15) is 13.2 Å². The Hall–Kier alpha value is -1.80. The van der Waals surface area contributed by atoms with Gasteiger partial charge in [0.05, 0.1) is 17.8 Å². The minimum Gasteiger partial charge on any atom is -0.486 e. The first kappa shape index (κ1) is 14.2. The number of carbonyl (C=O) groups excluding carboxylic acids is 1. The van der Waals surface area contributed by atoms with Crippen molar-refractivity contribution in [3.63, 3.8) is 0 Å². The maximum absolute atomic E-state index is 12.0. The molecule has 0 fully saturated rings. The van der Waals surface area contributed by atoms with Gasteiger partial charge in [0, 0.05) is 22.0 Å². The number of amides is 1. The highest BCUT2D eigenvalue weighted by molar-refractivity contribution is 9.10. The molecule has 1 aliphatic rings. The van der Waals surface area contributed by atoms with E-state index in [9.17, 15) is 4.79 Å². The summed E-state index contributed by atoms with van der Waals surface area (Å²) in [4.78, 5) is 16.1. The highest BCUT2D eigenvalue weighted by Crippen LogP contribution is 2.38. The first-order chi connectivity index (χ1) is 10.1. The third-order valence-electron chi connectivity index (χ3n) is 2.82. The number of thiazole rings is 1. The number of nitrogens with two attached hydrogens (primary N) is 1. The summed E-state index contributed by atoms with van der Waals surface area (Å²) in [6, 6.07) is 3.52. The van der Waals surface area contributed by atoms with Crippen molar-refractivity contribution in [2.45, 2.75) is 6.42 Å². The largest absolute Gasteiger partial charge is 0.486 e. The van der Waals surface area contributed by atoms with Crippen molar-refractivity contribution in [2.24, 2.45) is 0 Å². The van der Waals surface area contributed by atoms with Crippen LogP contribution in [0.3, 0.4) is 0 Å². The fourth-order valence-corrected chi connectivity index (χ4v) is 2.91. The number of ether oxygens (including phenoxy) is 2. The molecular formula is C13H12BrN3O3S. The average Bonchev–Trinajstić information content (AvgIpc) is 2.85. The summed E-state index contributed by atoms with van der Waals surface area (Å²) in [7, 11) is 0. The van der Waals surface area contributed by atoms with Crippen molar-refractivity contribution in [2.75, 3.05) is 24.3 Å². The van der Waals surface area contributed by atoms with Gasteiger partial charge >= 0.3 is 0 Å². The zero-order valence-electron chi connectivity index (χ0n) is 10.9. The smallest absolute Gasteiger partial charge is 0.230 e. The SMILES string of the molecule is Nc1nc(CC(=O)Nc2cc3c(cc2Br)OCCO3)cs1. The van der Waals surface area contributed by atoms with Crippen LogP contribution in [0.5, 0.6) is 11.5 Å². The Morgan fingerprint density at radius 3 is 2.76 bits per heavy atom. The molecule has 1 aromatic heterocycles. The molecule has 0 radical (unpaired) electrons. The van der Waals surface area contributed by atoms with E-state index >= 15 is 0 Å². The van der Waals surface area contributed by atoms with Gasteiger partial charge in [-0.05, 0) is 15.9 Å². The highest BCUT2D eigenvalue weighted by Gasteiger charge is 2.16. The lowest BCUT2D eigenvalue weighted by Crippen LogP contribution is -2.17. The highest BCUT2D eigenvalue weighted by atomic mass is 79.9. The molecule has 0 saturated heterocycles. The second-order valence-corrected chi connectivity index (χ2v) is 6.12. The van der Waals surface area contributed by atoms with Gasteiger partial charge < -0.3 is 20.5 Å². The number of nitrogens with zero attached hydrogens (tertiary/aromatic N) is 1. The molecule has 1 aromatic carbocycles. The molecule has 0 spiro atoms. The van der Waals surface area contributed by atoms with E-state index in [4.69, 9.17) is 15.2 Å². The van der Waals surface area contributed by atoms with E-state index < -0.39 is 0 Å². The summed E-state index contributed by atoms with van der Waals surface area (Å²) in [5.41, 5.74) is 6.83. The van der Waals surface area contributed by atoms with Gasteiger partial charge in [0.2, 0.25) is 5.91 Å². The van der Waals surface area contributed by atoms with Crippen LogP contribution < -0.4 is 20.5 Å². The Morgan fingerprint density at radius 2 is 2.10 bits per heavy atom. The second-order valence-electron chi connectivity index (χ2n) is 4.38. The van der Waals surface area contributed by atoms with Crippen LogP contribution in [-0.2, 0) is 11.2 Å². The van der Waals surface area contributed by atoms with Crippen molar-refractivity contribution >= 4 is 44.0 Å². The van der Waals surface area contributed by atoms with Gasteiger partial charge in [0.25, 0.3) is 0 Å². The Bertz CT molecular complexity index is 689. The van der Waals surface area contributed by atoms with Crippen LogP contribution in [-0.4, -0.2) is 24.1 Å². The number of halogens is 1. The van der Waals surface area contributed by atoms with Crippen molar-refractivity contribution in [3.05, 3.63) is 27.7 Å². The summed E-state index contributed by atoms with van der Waals surface area (Å²) in [6.07, 6.45) is 0.175. The molecule has 6 nitrogen and oxygen atoms in total. The number of aromatic nitrogens is 1. The number of nitrogens with one attached hydrogen (secondary N) is 1. The molecular weight excluding hydrogens is 358 g/mol. The first-order valence-corrected chi connectivity index (χ1v) is 7.88. The average molecular weight is 370 g/mol. The number of hydrogen-bond donors (Lipinski definition) is 2. The Morgan fingerprint density at radius 1 is 1.38 bits per heavy atom. The quantitative estimate of drug-likeness (QED) is 0.867. The summed E-state index contributed by atoms with van der Waals surface area (Å²) in [5.74, 6) is 1.12. The van der Waals surface area contributed by atoms with E-state index in [1.54, 1.807) is 17.5 Å². The normalized spacial score (nSPS) is 13.0. The maximum Gasteiger partial charge on any atom is 0.230 e. The van der Waals surface area contributed by atoms with Crippen molar-refractivity contribution < 1.29 is 14.3 Å². The number of nitrogen functional groups attached to an aromatic ring is 1. The third kappa shape index (κ3) is 3.27. The molecule has 0 unspecified atom stereocenters. The van der Waals surface area contributed by atoms with Gasteiger partial charge in [-0.2, -0.15) is 0 Å². The van der Waals surface area contributed by atoms with E-state index in [-0.39, 0.29) is 12.3 Å². The molecule has 8 heteroatoms. The molecule has 1 aliphatic heterocycles. The van der Waals surface area contributed by atoms with Crippen LogP contribution in [0, 0.1) is 0 Å². The van der Waals surface area contributed by atoms with Crippen LogP contribution in [0.1, 0.15) is 5.69 Å². The van der Waals surface area contributed by atoms with E-state index in [0.717, 1.165) is 4.47 Å². The van der Waals surface area contributed by atoms with E-state index in [0.29, 0.717) is 41.2 Å². The summed E-state index contributed by atoms with van der Waals surface area (Å²) < 4.78 is 11.7. The lowest BCUT2D eigenvalue weighted by atomic mass is 10.2. The molecule has 3 rings (SSSR count). The molecule has 0 saturated carbocycles. The Kier molecular flexibility index (Phi) is 3.98. The second kappa shape index (κ2) is 5.90. The molecule has 110 valence electrons. The van der Waals surface area contributed by atoms with Crippen LogP contribution in [0.4, 0.5) is 10.8 Å². The summed E-state index contributed by atoms with van der Waals surface area (Å²) >= 11 is 4.72. The Balaban J connectivity index is 1.73. The lowest BCUT2D eigenvalue weighted by molar-refractivity contribution is -0.115. The van der Waals surface area contributed by atoms with E-state index in [2.05, 4.69) is 26.2 Å². The molecule has 1 amide bonds. The van der Waals surface area contributed by atoms with Gasteiger partial charge in [-0.25, -0.2) is 4.98 Å². The van der Waals surface area contributed by atoms with E-state index in [1.807, 2.05) is 0 Å². The minimum atomic E-state index is -0.169. The number of rotatable bonds is 3. The van der Waals surface area contributed by atoms with Crippen LogP contribution in [0.15, 0.2) is 22.0 Å². The predicted molar refractivity (Wildman–Crippen MR) is 84.0 cm³/mol. The fraction of sp³-hybridized carbons (Fsp3) is 0.231. The molecule has 2 aromatic rings. The fourth-order valence-electron chi connectivity index (χ4n) is 1.92. The van der Waals surface area contributed by atoms with E-state index in [1.165, 1.54) is 11.3 Å². The maximum atomic E-state index is 12.0. The summed E-state index contributed by atoms with van der Waals surface area (Å²) in [6.45, 7) is 1.02. The molecule has 3 N–H and O–H groups in total. The first-order valence-electron chi connectivity index (χ1n) is 6.20. The zero-order chi connectivity index (χ0) is 14.8. The van der Waals surface area contributed by atoms with Crippen LogP contribution in [0.25, 0.3) is 0 Å². The van der Waals surface area contributed by atoms with Gasteiger partial charge in [0.15, 0.2) is 16.6 Å². The van der Waals surface area contributed by atoms with Crippen molar-refractivity contribution in [3.8, 4) is 11.5 Å². The van der Waals surface area contributed by atoms with Crippen molar-refractivity contribution in [1.82, 2.24) is 4.98 Å². The standard InChI is InChI=1S/C13H12BrN3O3S/c14-8-4-10-11(20-2-1-19-10)5-9(8)17-12(18)3-7-6-21-13(15)16-7/h4-6H,1-3H2,(H2,15,16)(H,17,18). The predicted octanol–water partition coefficient (Wildman–Crippen LogP) is 2.44. The summed E-state index contributed by atoms with van der Waals surface area (Å²) in [5, 5.41) is 5.05. The molecule has 0 bridgehead atoms.